The van der Waals surface area contributed by atoms with E-state index in [-0.39, 0.29) is 21.7 Å². The molecule has 2 aromatic rings. The van der Waals surface area contributed by atoms with Gasteiger partial charge in [-0.1, -0.05) is 24.6 Å². The molecule has 2 aromatic carbocycles. The van der Waals surface area contributed by atoms with Crippen LogP contribution in [0.5, 0.6) is 0 Å². The first kappa shape index (κ1) is 24.1. The van der Waals surface area contributed by atoms with Crippen molar-refractivity contribution in [1.82, 2.24) is 14.1 Å². The van der Waals surface area contributed by atoms with Crippen LogP contribution in [0.1, 0.15) is 40.1 Å². The molecule has 10 heteroatoms. The SMILES string of the molecule is CCN1CCN(S(=O)(=O)c2cccc(NC(=O)[C@@H](C)N3C(=O)c4ccc(C)cc4C3=O)c2)CC1. The molecule has 1 atom stereocenters. The van der Waals surface area contributed by atoms with E-state index >= 15 is 0 Å². The molecule has 2 heterocycles. The number of imide groups is 1. The molecule has 0 spiro atoms. The lowest BCUT2D eigenvalue weighted by Gasteiger charge is -2.33. The van der Waals surface area contributed by atoms with Crippen LogP contribution < -0.4 is 5.32 Å². The summed E-state index contributed by atoms with van der Waals surface area (Å²) in [6, 6.07) is 9.91. The highest BCUT2D eigenvalue weighted by atomic mass is 32.2. The number of fused-ring (bicyclic) bond motifs is 1. The highest BCUT2D eigenvalue weighted by Gasteiger charge is 2.41. The van der Waals surface area contributed by atoms with E-state index in [4.69, 9.17) is 0 Å². The standard InChI is InChI=1S/C24H28N4O5S/c1-4-26-10-12-27(13-11-26)34(32,33)19-7-5-6-18(15-19)25-22(29)17(3)28-23(30)20-9-8-16(2)14-21(20)24(28)31/h5-9,14-15,17H,4,10-13H2,1-3H3,(H,25,29)/t17-/m1/s1. The molecular formula is C24H28N4O5S. The summed E-state index contributed by atoms with van der Waals surface area (Å²) in [5.74, 6) is -1.63. The number of carbonyl (C=O) groups is 3. The van der Waals surface area contributed by atoms with Gasteiger partial charge in [0, 0.05) is 31.9 Å². The maximum absolute atomic E-state index is 13.1. The fourth-order valence-electron chi connectivity index (χ4n) is 4.26. The Balaban J connectivity index is 1.49. The van der Waals surface area contributed by atoms with Crippen LogP contribution in [-0.2, 0) is 14.8 Å². The van der Waals surface area contributed by atoms with Gasteiger partial charge in [-0.15, -0.1) is 0 Å². The summed E-state index contributed by atoms with van der Waals surface area (Å²) in [7, 11) is -3.71. The molecule has 0 radical (unpaired) electrons. The van der Waals surface area contributed by atoms with Gasteiger partial charge in [0.15, 0.2) is 0 Å². The third-order valence-corrected chi connectivity index (χ3v) is 8.25. The van der Waals surface area contributed by atoms with E-state index in [1.165, 1.54) is 23.4 Å². The third kappa shape index (κ3) is 4.36. The quantitative estimate of drug-likeness (QED) is 0.628. The highest BCUT2D eigenvalue weighted by molar-refractivity contribution is 7.89. The molecule has 2 aliphatic rings. The monoisotopic (exact) mass is 484 g/mol. The zero-order valence-electron chi connectivity index (χ0n) is 19.4. The minimum absolute atomic E-state index is 0.0825. The van der Waals surface area contributed by atoms with Crippen molar-refractivity contribution in [3.05, 3.63) is 59.2 Å². The summed E-state index contributed by atoms with van der Waals surface area (Å²) in [6.07, 6.45) is 0. The normalized spacial score (nSPS) is 18.1. The van der Waals surface area contributed by atoms with Crippen LogP contribution in [0.3, 0.4) is 0 Å². The molecule has 3 amide bonds. The number of nitrogens with one attached hydrogen (secondary N) is 1. The number of carbonyl (C=O) groups excluding carboxylic acids is 3. The van der Waals surface area contributed by atoms with Gasteiger partial charge in [0.2, 0.25) is 15.9 Å². The number of hydrogen-bond donors (Lipinski definition) is 1. The molecule has 180 valence electrons. The van der Waals surface area contributed by atoms with Crippen molar-refractivity contribution < 1.29 is 22.8 Å². The average Bonchev–Trinajstić information content (AvgIpc) is 3.07. The molecule has 1 N–H and O–H groups in total. The second-order valence-corrected chi connectivity index (χ2v) is 10.5. The highest BCUT2D eigenvalue weighted by Crippen LogP contribution is 2.27. The largest absolute Gasteiger partial charge is 0.324 e. The van der Waals surface area contributed by atoms with Crippen LogP contribution in [0.4, 0.5) is 5.69 Å². The number of piperazine rings is 1. The molecule has 2 aliphatic heterocycles. The van der Waals surface area contributed by atoms with Gasteiger partial charge in [-0.2, -0.15) is 4.31 Å². The molecule has 1 fully saturated rings. The van der Waals surface area contributed by atoms with Crippen LogP contribution in [0, 0.1) is 6.92 Å². The summed E-state index contributed by atoms with van der Waals surface area (Å²) in [4.78, 5) is 41.7. The summed E-state index contributed by atoms with van der Waals surface area (Å²) < 4.78 is 27.6. The lowest BCUT2D eigenvalue weighted by Crippen LogP contribution is -2.48. The Morgan fingerprint density at radius 1 is 1.00 bits per heavy atom. The van der Waals surface area contributed by atoms with Gasteiger partial charge >= 0.3 is 0 Å². The topological polar surface area (TPSA) is 107 Å². The second-order valence-electron chi connectivity index (χ2n) is 8.56. The minimum Gasteiger partial charge on any atom is -0.324 e. The van der Waals surface area contributed by atoms with Gasteiger partial charge in [-0.3, -0.25) is 19.3 Å². The van der Waals surface area contributed by atoms with Gasteiger partial charge in [-0.05, 0) is 50.7 Å². The Morgan fingerprint density at radius 3 is 2.35 bits per heavy atom. The molecule has 0 aromatic heterocycles. The van der Waals surface area contributed by atoms with E-state index in [0.717, 1.165) is 17.0 Å². The van der Waals surface area contributed by atoms with Gasteiger partial charge in [0.25, 0.3) is 11.8 Å². The predicted molar refractivity (Wildman–Crippen MR) is 127 cm³/mol. The maximum atomic E-state index is 13.1. The number of rotatable bonds is 6. The molecule has 0 saturated carbocycles. The van der Waals surface area contributed by atoms with E-state index < -0.39 is 33.8 Å². The lowest BCUT2D eigenvalue weighted by molar-refractivity contribution is -0.119. The Labute approximate surface area is 199 Å². The van der Waals surface area contributed by atoms with Crippen LogP contribution in [0.25, 0.3) is 0 Å². The van der Waals surface area contributed by atoms with Gasteiger partial charge in [-0.25, -0.2) is 8.42 Å². The number of hydrogen-bond acceptors (Lipinski definition) is 6. The summed E-state index contributed by atoms with van der Waals surface area (Å²) in [6.45, 7) is 8.36. The van der Waals surface area contributed by atoms with Crippen molar-refractivity contribution in [1.29, 1.82) is 0 Å². The number of likely N-dealkylation sites (N-methyl/N-ethyl adjacent to an activating group) is 1. The van der Waals surface area contributed by atoms with Gasteiger partial charge in [0.1, 0.15) is 6.04 Å². The van der Waals surface area contributed by atoms with E-state index in [9.17, 15) is 22.8 Å². The van der Waals surface area contributed by atoms with E-state index in [1.807, 2.05) is 13.8 Å². The van der Waals surface area contributed by atoms with Crippen molar-refractivity contribution in [2.75, 3.05) is 38.0 Å². The molecule has 9 nitrogen and oxygen atoms in total. The zero-order chi connectivity index (χ0) is 24.6. The number of benzene rings is 2. The van der Waals surface area contributed by atoms with Crippen molar-refractivity contribution in [3.8, 4) is 0 Å². The summed E-state index contributed by atoms with van der Waals surface area (Å²) in [5, 5.41) is 2.65. The number of nitrogens with zero attached hydrogens (tertiary/aromatic N) is 3. The van der Waals surface area contributed by atoms with Crippen molar-refractivity contribution in [2.45, 2.75) is 31.7 Å². The number of aryl methyl sites for hydroxylation is 1. The van der Waals surface area contributed by atoms with Crippen molar-refractivity contribution >= 4 is 33.4 Å². The molecular weight excluding hydrogens is 456 g/mol. The van der Waals surface area contributed by atoms with Gasteiger partial charge in [0.05, 0.1) is 16.0 Å². The molecule has 34 heavy (non-hydrogen) atoms. The number of anilines is 1. The second kappa shape index (κ2) is 9.28. The third-order valence-electron chi connectivity index (χ3n) is 6.36. The molecule has 0 aliphatic carbocycles. The van der Waals surface area contributed by atoms with Crippen LogP contribution in [0.15, 0.2) is 47.4 Å². The fraction of sp³-hybridized carbons (Fsp3) is 0.375. The lowest BCUT2D eigenvalue weighted by atomic mass is 10.1. The van der Waals surface area contributed by atoms with Gasteiger partial charge < -0.3 is 10.2 Å². The fourth-order valence-corrected chi connectivity index (χ4v) is 5.73. The van der Waals surface area contributed by atoms with E-state index in [0.29, 0.717) is 26.2 Å². The first-order valence-electron chi connectivity index (χ1n) is 11.3. The Bertz CT molecular complexity index is 1250. The van der Waals surface area contributed by atoms with Crippen molar-refractivity contribution in [3.63, 3.8) is 0 Å². The molecule has 0 unspecified atom stereocenters. The number of sulfonamides is 1. The minimum atomic E-state index is -3.71. The smallest absolute Gasteiger partial charge is 0.262 e. The Kier molecular flexibility index (Phi) is 6.57. The van der Waals surface area contributed by atoms with Crippen LogP contribution in [0.2, 0.25) is 0 Å². The molecule has 1 saturated heterocycles. The average molecular weight is 485 g/mol. The number of amides is 3. The van der Waals surface area contributed by atoms with Crippen LogP contribution in [-0.4, -0.2) is 79.0 Å². The first-order chi connectivity index (χ1) is 16.1. The molecule has 0 bridgehead atoms. The summed E-state index contributed by atoms with van der Waals surface area (Å²) in [5.41, 5.74) is 1.66. The first-order valence-corrected chi connectivity index (χ1v) is 12.7. The maximum Gasteiger partial charge on any atom is 0.262 e. The Morgan fingerprint density at radius 2 is 1.68 bits per heavy atom. The van der Waals surface area contributed by atoms with E-state index in [2.05, 4.69) is 10.2 Å². The van der Waals surface area contributed by atoms with Crippen LogP contribution >= 0.6 is 0 Å². The molecule has 4 rings (SSSR count). The zero-order valence-corrected chi connectivity index (χ0v) is 20.3. The van der Waals surface area contributed by atoms with E-state index in [1.54, 1.807) is 30.3 Å². The van der Waals surface area contributed by atoms with Crippen molar-refractivity contribution in [2.24, 2.45) is 0 Å². The summed E-state index contributed by atoms with van der Waals surface area (Å²) >= 11 is 0. The predicted octanol–water partition coefficient (Wildman–Crippen LogP) is 1.94. The Hall–Kier alpha value is -3.08.